The molecule has 0 radical (unpaired) electrons. The van der Waals surface area contributed by atoms with E-state index in [9.17, 15) is 0 Å². The van der Waals surface area contributed by atoms with Crippen molar-refractivity contribution < 1.29 is 0 Å². The molecule has 0 unspecified atom stereocenters. The number of nitrogens with zero attached hydrogens (tertiary/aromatic N) is 3. The minimum Gasteiger partial charge on any atom is -0.314 e. The molecule has 1 saturated carbocycles. The SMILES string of the molecule is c1cn(CCCCNC2CCCC2)nn1. The number of nitrogens with one attached hydrogen (secondary N) is 1. The van der Waals surface area contributed by atoms with Gasteiger partial charge in [-0.3, -0.25) is 4.68 Å². The summed E-state index contributed by atoms with van der Waals surface area (Å²) in [5.41, 5.74) is 0. The molecule has 84 valence electrons. The zero-order valence-corrected chi connectivity index (χ0v) is 9.23. The Labute approximate surface area is 91.1 Å². The van der Waals surface area contributed by atoms with E-state index in [2.05, 4.69) is 15.6 Å². The fraction of sp³-hybridized carbons (Fsp3) is 0.818. The van der Waals surface area contributed by atoms with Gasteiger partial charge in [-0.1, -0.05) is 18.1 Å². The minimum atomic E-state index is 0.802. The van der Waals surface area contributed by atoms with E-state index in [1.807, 2.05) is 10.9 Å². The topological polar surface area (TPSA) is 42.7 Å². The summed E-state index contributed by atoms with van der Waals surface area (Å²) >= 11 is 0. The Morgan fingerprint density at radius 1 is 1.27 bits per heavy atom. The van der Waals surface area contributed by atoms with Crippen molar-refractivity contribution in [2.24, 2.45) is 0 Å². The quantitative estimate of drug-likeness (QED) is 0.722. The van der Waals surface area contributed by atoms with Crippen LogP contribution in [-0.4, -0.2) is 27.6 Å². The lowest BCUT2D eigenvalue weighted by Crippen LogP contribution is -2.27. The van der Waals surface area contributed by atoms with E-state index in [1.54, 1.807) is 6.20 Å². The molecule has 0 saturated heterocycles. The lowest BCUT2D eigenvalue weighted by atomic mass is 10.2. The second-order valence-electron chi connectivity index (χ2n) is 4.31. The summed E-state index contributed by atoms with van der Waals surface area (Å²) in [6.45, 7) is 2.14. The highest BCUT2D eigenvalue weighted by atomic mass is 15.4. The van der Waals surface area contributed by atoms with Crippen molar-refractivity contribution in [3.8, 4) is 0 Å². The Bertz CT molecular complexity index is 252. The van der Waals surface area contributed by atoms with Gasteiger partial charge in [-0.05, 0) is 32.2 Å². The molecule has 1 fully saturated rings. The van der Waals surface area contributed by atoms with Crippen LogP contribution in [-0.2, 0) is 6.54 Å². The van der Waals surface area contributed by atoms with E-state index in [0.29, 0.717) is 0 Å². The molecule has 1 aromatic rings. The predicted octanol–water partition coefficient (Wildman–Crippen LogP) is 1.59. The Hall–Kier alpha value is -0.900. The van der Waals surface area contributed by atoms with Crippen molar-refractivity contribution in [2.45, 2.75) is 51.1 Å². The van der Waals surface area contributed by atoms with Crippen LogP contribution >= 0.6 is 0 Å². The summed E-state index contributed by atoms with van der Waals surface area (Å²) in [6, 6.07) is 0.802. The third-order valence-corrected chi connectivity index (χ3v) is 3.07. The van der Waals surface area contributed by atoms with E-state index in [1.165, 1.54) is 38.5 Å². The Morgan fingerprint density at radius 3 is 2.87 bits per heavy atom. The van der Waals surface area contributed by atoms with Gasteiger partial charge in [0.25, 0.3) is 0 Å². The molecule has 2 rings (SSSR count). The smallest absolute Gasteiger partial charge is 0.0692 e. The average Bonchev–Trinajstić information content (AvgIpc) is 2.88. The molecule has 1 aromatic heterocycles. The Kier molecular flexibility index (Phi) is 4.14. The van der Waals surface area contributed by atoms with Gasteiger partial charge in [-0.2, -0.15) is 0 Å². The fourth-order valence-electron chi connectivity index (χ4n) is 2.19. The van der Waals surface area contributed by atoms with Gasteiger partial charge >= 0.3 is 0 Å². The van der Waals surface area contributed by atoms with Gasteiger partial charge in [0.05, 0.1) is 6.20 Å². The highest BCUT2D eigenvalue weighted by molar-refractivity contribution is 4.73. The molecule has 15 heavy (non-hydrogen) atoms. The van der Waals surface area contributed by atoms with Gasteiger partial charge in [-0.15, -0.1) is 5.10 Å². The number of aryl methyl sites for hydroxylation is 1. The summed E-state index contributed by atoms with van der Waals surface area (Å²) in [6.07, 6.45) is 11.7. The highest BCUT2D eigenvalue weighted by Crippen LogP contribution is 2.17. The summed E-state index contributed by atoms with van der Waals surface area (Å²) in [7, 11) is 0. The molecule has 0 aliphatic heterocycles. The third kappa shape index (κ3) is 3.63. The van der Waals surface area contributed by atoms with Gasteiger partial charge in [0.2, 0.25) is 0 Å². The third-order valence-electron chi connectivity index (χ3n) is 3.07. The van der Waals surface area contributed by atoms with Crippen molar-refractivity contribution in [3.05, 3.63) is 12.4 Å². The first kappa shape index (κ1) is 10.6. The molecular formula is C11H20N4. The molecule has 1 N–H and O–H groups in total. The van der Waals surface area contributed by atoms with Gasteiger partial charge in [-0.25, -0.2) is 0 Å². The second kappa shape index (κ2) is 5.85. The summed E-state index contributed by atoms with van der Waals surface area (Å²) < 4.78 is 1.90. The molecule has 0 amide bonds. The van der Waals surface area contributed by atoms with E-state index in [-0.39, 0.29) is 0 Å². The van der Waals surface area contributed by atoms with Crippen LogP contribution in [0.15, 0.2) is 12.4 Å². The minimum absolute atomic E-state index is 0.802. The van der Waals surface area contributed by atoms with Crippen LogP contribution in [0.1, 0.15) is 38.5 Å². The van der Waals surface area contributed by atoms with Crippen LogP contribution in [0.25, 0.3) is 0 Å². The molecule has 1 aliphatic rings. The molecule has 0 atom stereocenters. The van der Waals surface area contributed by atoms with Gasteiger partial charge in [0.1, 0.15) is 0 Å². The molecule has 4 nitrogen and oxygen atoms in total. The number of hydrogen-bond acceptors (Lipinski definition) is 3. The van der Waals surface area contributed by atoms with Gasteiger partial charge in [0, 0.05) is 18.8 Å². The van der Waals surface area contributed by atoms with Crippen molar-refractivity contribution in [1.82, 2.24) is 20.3 Å². The monoisotopic (exact) mass is 208 g/mol. The van der Waals surface area contributed by atoms with E-state index < -0.39 is 0 Å². The molecule has 0 spiro atoms. The normalized spacial score (nSPS) is 17.3. The fourth-order valence-corrected chi connectivity index (χ4v) is 2.19. The van der Waals surface area contributed by atoms with Gasteiger partial charge in [0.15, 0.2) is 0 Å². The maximum atomic E-state index is 3.94. The zero-order valence-electron chi connectivity index (χ0n) is 9.23. The van der Waals surface area contributed by atoms with Crippen LogP contribution in [0.4, 0.5) is 0 Å². The Balaban J connectivity index is 1.48. The van der Waals surface area contributed by atoms with E-state index in [0.717, 1.165) is 19.1 Å². The lowest BCUT2D eigenvalue weighted by Gasteiger charge is -2.10. The number of unbranched alkanes of at least 4 members (excludes halogenated alkanes) is 1. The number of hydrogen-bond donors (Lipinski definition) is 1. The van der Waals surface area contributed by atoms with Crippen molar-refractivity contribution >= 4 is 0 Å². The number of aromatic nitrogens is 3. The molecule has 0 bridgehead atoms. The number of rotatable bonds is 6. The summed E-state index contributed by atoms with van der Waals surface area (Å²) in [4.78, 5) is 0. The van der Waals surface area contributed by atoms with Crippen LogP contribution in [0.2, 0.25) is 0 Å². The van der Waals surface area contributed by atoms with Crippen molar-refractivity contribution in [1.29, 1.82) is 0 Å². The lowest BCUT2D eigenvalue weighted by molar-refractivity contribution is 0.481. The van der Waals surface area contributed by atoms with Crippen molar-refractivity contribution in [2.75, 3.05) is 6.54 Å². The van der Waals surface area contributed by atoms with Crippen LogP contribution in [0, 0.1) is 0 Å². The second-order valence-corrected chi connectivity index (χ2v) is 4.31. The predicted molar refractivity (Wildman–Crippen MR) is 59.5 cm³/mol. The van der Waals surface area contributed by atoms with Crippen molar-refractivity contribution in [3.63, 3.8) is 0 Å². The first-order chi connectivity index (χ1) is 7.45. The molecule has 0 aromatic carbocycles. The van der Waals surface area contributed by atoms with Crippen LogP contribution in [0.5, 0.6) is 0 Å². The maximum absolute atomic E-state index is 3.94. The largest absolute Gasteiger partial charge is 0.314 e. The summed E-state index contributed by atoms with van der Waals surface area (Å²) in [5, 5.41) is 11.3. The first-order valence-electron chi connectivity index (χ1n) is 6.02. The molecule has 1 aliphatic carbocycles. The van der Waals surface area contributed by atoms with Crippen LogP contribution in [0.3, 0.4) is 0 Å². The zero-order chi connectivity index (χ0) is 10.3. The standard InChI is InChI=1S/C11H20N4/c1-2-6-11(5-1)12-7-3-4-9-15-10-8-13-14-15/h8,10-12H,1-7,9H2. The molecule has 4 heteroatoms. The van der Waals surface area contributed by atoms with E-state index >= 15 is 0 Å². The van der Waals surface area contributed by atoms with Crippen LogP contribution < -0.4 is 5.32 Å². The Morgan fingerprint density at radius 2 is 2.13 bits per heavy atom. The first-order valence-corrected chi connectivity index (χ1v) is 6.02. The summed E-state index contributed by atoms with van der Waals surface area (Å²) in [5.74, 6) is 0. The highest BCUT2D eigenvalue weighted by Gasteiger charge is 2.12. The average molecular weight is 208 g/mol. The van der Waals surface area contributed by atoms with E-state index in [4.69, 9.17) is 0 Å². The molecule has 1 heterocycles. The van der Waals surface area contributed by atoms with Gasteiger partial charge < -0.3 is 5.32 Å². The molecular weight excluding hydrogens is 188 g/mol. The maximum Gasteiger partial charge on any atom is 0.0692 e.